The number of nitrogens with zero attached hydrogens (tertiary/aromatic N) is 1. The predicted molar refractivity (Wildman–Crippen MR) is 67.5 cm³/mol. The highest BCUT2D eigenvalue weighted by Crippen LogP contribution is 2.21. The van der Waals surface area contributed by atoms with Crippen molar-refractivity contribution in [3.63, 3.8) is 0 Å². The molecule has 0 saturated heterocycles. The summed E-state index contributed by atoms with van der Waals surface area (Å²) in [5, 5.41) is 2.92. The van der Waals surface area contributed by atoms with Gasteiger partial charge in [-0.05, 0) is 18.1 Å². The van der Waals surface area contributed by atoms with Crippen molar-refractivity contribution >= 4 is 16.9 Å². The van der Waals surface area contributed by atoms with Crippen LogP contribution in [0.2, 0.25) is 0 Å². The SMILES string of the molecule is CC(=O)NC(c1nc2ccccc2[nH]1)C(C)C. The van der Waals surface area contributed by atoms with E-state index in [0.29, 0.717) is 5.92 Å². The van der Waals surface area contributed by atoms with E-state index in [4.69, 9.17) is 0 Å². The molecule has 0 aliphatic carbocycles. The largest absolute Gasteiger partial charge is 0.346 e. The maximum absolute atomic E-state index is 11.2. The van der Waals surface area contributed by atoms with Crippen LogP contribution in [0.5, 0.6) is 0 Å². The van der Waals surface area contributed by atoms with Crippen molar-refractivity contribution in [3.8, 4) is 0 Å². The molecule has 1 aromatic carbocycles. The molecule has 0 aliphatic heterocycles. The van der Waals surface area contributed by atoms with Gasteiger partial charge in [-0.1, -0.05) is 26.0 Å². The Balaban J connectivity index is 2.38. The minimum atomic E-state index is -0.0695. The van der Waals surface area contributed by atoms with Gasteiger partial charge >= 0.3 is 0 Å². The first-order valence-electron chi connectivity index (χ1n) is 5.79. The molecular weight excluding hydrogens is 214 g/mol. The first kappa shape index (κ1) is 11.6. The number of carbonyl (C=O) groups excluding carboxylic acids is 1. The Bertz CT molecular complexity index is 497. The quantitative estimate of drug-likeness (QED) is 0.852. The van der Waals surface area contributed by atoms with E-state index in [-0.39, 0.29) is 11.9 Å². The van der Waals surface area contributed by atoms with E-state index in [1.165, 1.54) is 6.92 Å². The van der Waals surface area contributed by atoms with Crippen molar-refractivity contribution in [1.82, 2.24) is 15.3 Å². The van der Waals surface area contributed by atoms with E-state index in [1.54, 1.807) is 0 Å². The van der Waals surface area contributed by atoms with Crippen molar-refractivity contribution < 1.29 is 4.79 Å². The van der Waals surface area contributed by atoms with Crippen LogP contribution < -0.4 is 5.32 Å². The second kappa shape index (κ2) is 4.57. The molecular formula is C13H17N3O. The molecule has 2 N–H and O–H groups in total. The molecule has 0 fully saturated rings. The van der Waals surface area contributed by atoms with Crippen molar-refractivity contribution in [2.45, 2.75) is 26.8 Å². The monoisotopic (exact) mass is 231 g/mol. The summed E-state index contributed by atoms with van der Waals surface area (Å²) in [5.74, 6) is 1.07. The van der Waals surface area contributed by atoms with E-state index < -0.39 is 0 Å². The number of fused-ring (bicyclic) bond motifs is 1. The molecule has 1 amide bonds. The molecule has 90 valence electrons. The smallest absolute Gasteiger partial charge is 0.217 e. The number of imidazole rings is 1. The van der Waals surface area contributed by atoms with Gasteiger partial charge in [0.1, 0.15) is 5.82 Å². The average molecular weight is 231 g/mol. The molecule has 17 heavy (non-hydrogen) atoms. The topological polar surface area (TPSA) is 57.8 Å². The molecule has 1 aromatic heterocycles. The lowest BCUT2D eigenvalue weighted by Gasteiger charge is -2.19. The molecule has 2 rings (SSSR count). The van der Waals surface area contributed by atoms with Crippen LogP contribution in [-0.4, -0.2) is 15.9 Å². The molecule has 0 aliphatic rings. The van der Waals surface area contributed by atoms with E-state index in [9.17, 15) is 4.79 Å². The number of hydrogen-bond donors (Lipinski definition) is 2. The summed E-state index contributed by atoms with van der Waals surface area (Å²) in [6, 6.07) is 7.79. The van der Waals surface area contributed by atoms with Gasteiger partial charge in [0.15, 0.2) is 0 Å². The number of benzene rings is 1. The van der Waals surface area contributed by atoms with Crippen LogP contribution in [0.1, 0.15) is 32.6 Å². The molecule has 1 unspecified atom stereocenters. The van der Waals surface area contributed by atoms with E-state index in [2.05, 4.69) is 29.1 Å². The fraction of sp³-hybridized carbons (Fsp3) is 0.385. The normalized spacial score (nSPS) is 12.9. The predicted octanol–water partition coefficient (Wildman–Crippen LogP) is 2.40. The zero-order valence-electron chi connectivity index (χ0n) is 10.3. The highest BCUT2D eigenvalue weighted by Gasteiger charge is 2.20. The van der Waals surface area contributed by atoms with Crippen molar-refractivity contribution in [2.75, 3.05) is 0 Å². The summed E-state index contributed by atoms with van der Waals surface area (Å²) in [4.78, 5) is 19.0. The van der Waals surface area contributed by atoms with Gasteiger partial charge in [0, 0.05) is 6.92 Å². The second-order valence-corrected chi connectivity index (χ2v) is 4.56. The Morgan fingerprint density at radius 1 is 1.35 bits per heavy atom. The van der Waals surface area contributed by atoms with Crippen LogP contribution in [0.15, 0.2) is 24.3 Å². The summed E-state index contributed by atoms with van der Waals surface area (Å²) in [7, 11) is 0. The molecule has 0 saturated carbocycles. The summed E-state index contributed by atoms with van der Waals surface area (Å²) in [5.41, 5.74) is 1.93. The van der Waals surface area contributed by atoms with Crippen molar-refractivity contribution in [3.05, 3.63) is 30.1 Å². The lowest BCUT2D eigenvalue weighted by atomic mass is 10.0. The van der Waals surface area contributed by atoms with Gasteiger partial charge < -0.3 is 10.3 Å². The lowest BCUT2D eigenvalue weighted by molar-refractivity contribution is -0.120. The second-order valence-electron chi connectivity index (χ2n) is 4.56. The Morgan fingerprint density at radius 3 is 2.65 bits per heavy atom. The maximum Gasteiger partial charge on any atom is 0.217 e. The fourth-order valence-electron chi connectivity index (χ4n) is 1.89. The number of amides is 1. The van der Waals surface area contributed by atoms with Gasteiger partial charge in [0.05, 0.1) is 17.1 Å². The Kier molecular flexibility index (Phi) is 3.13. The van der Waals surface area contributed by atoms with Crippen LogP contribution >= 0.6 is 0 Å². The summed E-state index contributed by atoms with van der Waals surface area (Å²) >= 11 is 0. The number of aromatic nitrogens is 2. The standard InChI is InChI=1S/C13H17N3O/c1-8(2)12(14-9(3)17)13-15-10-6-4-5-7-11(10)16-13/h4-8,12H,1-3H3,(H,14,17)(H,15,16). The molecule has 1 heterocycles. The van der Waals surface area contributed by atoms with Crippen LogP contribution in [0.25, 0.3) is 11.0 Å². The first-order valence-corrected chi connectivity index (χ1v) is 5.79. The molecule has 1 atom stereocenters. The third kappa shape index (κ3) is 2.46. The maximum atomic E-state index is 11.2. The molecule has 0 radical (unpaired) electrons. The number of nitrogens with one attached hydrogen (secondary N) is 2. The molecule has 4 heteroatoms. The molecule has 0 spiro atoms. The Labute approximate surface area is 100 Å². The van der Waals surface area contributed by atoms with Crippen LogP contribution in [0.4, 0.5) is 0 Å². The molecule has 2 aromatic rings. The van der Waals surface area contributed by atoms with Gasteiger partial charge in [0.25, 0.3) is 0 Å². The fourth-order valence-corrected chi connectivity index (χ4v) is 1.89. The van der Waals surface area contributed by atoms with Crippen LogP contribution in [0, 0.1) is 5.92 Å². The summed E-state index contributed by atoms with van der Waals surface area (Å²) in [6.45, 7) is 5.65. The minimum absolute atomic E-state index is 0.0378. The van der Waals surface area contributed by atoms with E-state index in [1.807, 2.05) is 24.3 Å². The van der Waals surface area contributed by atoms with Crippen molar-refractivity contribution in [2.24, 2.45) is 5.92 Å². The number of H-pyrrole nitrogens is 1. The molecule has 0 bridgehead atoms. The van der Waals surface area contributed by atoms with E-state index >= 15 is 0 Å². The lowest BCUT2D eigenvalue weighted by Crippen LogP contribution is -2.30. The van der Waals surface area contributed by atoms with Crippen LogP contribution in [-0.2, 0) is 4.79 Å². The highest BCUT2D eigenvalue weighted by molar-refractivity contribution is 5.76. The van der Waals surface area contributed by atoms with Gasteiger partial charge in [-0.25, -0.2) is 4.98 Å². The first-order chi connectivity index (χ1) is 8.08. The minimum Gasteiger partial charge on any atom is -0.346 e. The summed E-state index contributed by atoms with van der Waals surface area (Å²) < 4.78 is 0. The third-order valence-electron chi connectivity index (χ3n) is 2.73. The molecule has 4 nitrogen and oxygen atoms in total. The van der Waals surface area contributed by atoms with Gasteiger partial charge in [0.2, 0.25) is 5.91 Å². The summed E-state index contributed by atoms with van der Waals surface area (Å²) in [6.07, 6.45) is 0. The average Bonchev–Trinajstić information content (AvgIpc) is 2.68. The van der Waals surface area contributed by atoms with E-state index in [0.717, 1.165) is 16.9 Å². The van der Waals surface area contributed by atoms with Crippen molar-refractivity contribution in [1.29, 1.82) is 0 Å². The van der Waals surface area contributed by atoms with Gasteiger partial charge in [-0.15, -0.1) is 0 Å². The number of rotatable bonds is 3. The van der Waals surface area contributed by atoms with Gasteiger partial charge in [-0.3, -0.25) is 4.79 Å². The Hall–Kier alpha value is -1.84. The number of aromatic amines is 1. The van der Waals surface area contributed by atoms with Gasteiger partial charge in [-0.2, -0.15) is 0 Å². The van der Waals surface area contributed by atoms with Crippen LogP contribution in [0.3, 0.4) is 0 Å². The number of hydrogen-bond acceptors (Lipinski definition) is 2. The number of carbonyl (C=O) groups is 1. The number of para-hydroxylation sites is 2. The highest BCUT2D eigenvalue weighted by atomic mass is 16.1. The Morgan fingerprint density at radius 2 is 2.06 bits per heavy atom. The third-order valence-corrected chi connectivity index (χ3v) is 2.73. The zero-order valence-corrected chi connectivity index (χ0v) is 10.3. The zero-order chi connectivity index (χ0) is 12.4.